The number of carbonyl (C=O) groups excluding carboxylic acids is 2. The van der Waals surface area contributed by atoms with Crippen LogP contribution >= 0.6 is 0 Å². The van der Waals surface area contributed by atoms with Gasteiger partial charge in [0.25, 0.3) is 11.5 Å². The number of hydrogen-bond acceptors (Lipinski definition) is 5. The highest BCUT2D eigenvalue weighted by Crippen LogP contribution is 2.18. The molecule has 2 N–H and O–H groups in total. The van der Waals surface area contributed by atoms with Crippen LogP contribution in [0.5, 0.6) is 0 Å². The van der Waals surface area contributed by atoms with Crippen LogP contribution in [0.15, 0.2) is 29.1 Å². The van der Waals surface area contributed by atoms with Crippen molar-refractivity contribution in [3.05, 3.63) is 40.3 Å². The lowest BCUT2D eigenvalue weighted by Gasteiger charge is -2.17. The molecule has 0 bridgehead atoms. The smallest absolute Gasteiger partial charge is 0.360 e. The zero-order valence-electron chi connectivity index (χ0n) is 13.4. The lowest BCUT2D eigenvalue weighted by molar-refractivity contribution is -0.129. The molecule has 1 aliphatic carbocycles. The molecule has 1 amide bonds. The van der Waals surface area contributed by atoms with Gasteiger partial charge in [-0.2, -0.15) is 5.10 Å². The van der Waals surface area contributed by atoms with Crippen LogP contribution in [0, 0.1) is 0 Å². The Morgan fingerprint density at radius 3 is 2.62 bits per heavy atom. The topological polar surface area (TPSA) is 101 Å². The molecule has 0 aliphatic heterocycles. The highest BCUT2D eigenvalue weighted by Gasteiger charge is 2.25. The predicted octanol–water partition coefficient (Wildman–Crippen LogP) is 1.53. The number of aromatic amines is 1. The van der Waals surface area contributed by atoms with E-state index in [0.29, 0.717) is 10.8 Å². The van der Waals surface area contributed by atoms with Crippen molar-refractivity contribution in [1.29, 1.82) is 0 Å². The summed E-state index contributed by atoms with van der Waals surface area (Å²) in [6.45, 7) is 1.52. The third-order valence-electron chi connectivity index (χ3n) is 4.24. The van der Waals surface area contributed by atoms with Crippen molar-refractivity contribution in [2.45, 2.75) is 44.8 Å². The Kier molecular flexibility index (Phi) is 4.59. The van der Waals surface area contributed by atoms with E-state index in [1.165, 1.54) is 6.92 Å². The van der Waals surface area contributed by atoms with Crippen molar-refractivity contribution in [2.24, 2.45) is 0 Å². The van der Waals surface area contributed by atoms with E-state index in [1.807, 2.05) is 0 Å². The summed E-state index contributed by atoms with van der Waals surface area (Å²) in [5, 5.41) is 9.69. The largest absolute Gasteiger partial charge is 0.448 e. The fourth-order valence-corrected chi connectivity index (χ4v) is 2.93. The molecule has 126 valence electrons. The molecule has 24 heavy (non-hydrogen) atoms. The lowest BCUT2D eigenvalue weighted by Crippen LogP contribution is -2.41. The number of carbonyl (C=O) groups is 2. The molecule has 1 aromatic carbocycles. The van der Waals surface area contributed by atoms with Crippen LogP contribution < -0.4 is 10.9 Å². The van der Waals surface area contributed by atoms with E-state index in [-0.39, 0.29) is 23.2 Å². The van der Waals surface area contributed by atoms with Crippen LogP contribution in [0.2, 0.25) is 0 Å². The van der Waals surface area contributed by atoms with E-state index in [2.05, 4.69) is 15.5 Å². The number of amides is 1. The summed E-state index contributed by atoms with van der Waals surface area (Å²) in [5.41, 5.74) is -0.389. The van der Waals surface area contributed by atoms with Crippen molar-refractivity contribution in [3.63, 3.8) is 0 Å². The minimum absolute atomic E-state index is 0.00860. The molecule has 7 heteroatoms. The van der Waals surface area contributed by atoms with Crippen LogP contribution in [-0.2, 0) is 9.53 Å². The van der Waals surface area contributed by atoms with Crippen LogP contribution in [0.25, 0.3) is 10.8 Å². The van der Waals surface area contributed by atoms with Gasteiger partial charge in [0.15, 0.2) is 11.8 Å². The fraction of sp³-hybridized carbons (Fsp3) is 0.412. The zero-order chi connectivity index (χ0) is 17.1. The molecule has 1 unspecified atom stereocenters. The number of nitrogens with one attached hydrogen (secondary N) is 2. The molecule has 1 heterocycles. The maximum absolute atomic E-state index is 12.3. The van der Waals surface area contributed by atoms with Crippen molar-refractivity contribution >= 4 is 22.6 Å². The van der Waals surface area contributed by atoms with Crippen LogP contribution in [0.3, 0.4) is 0 Å². The Morgan fingerprint density at radius 1 is 1.25 bits per heavy atom. The van der Waals surface area contributed by atoms with Crippen molar-refractivity contribution < 1.29 is 14.3 Å². The van der Waals surface area contributed by atoms with Gasteiger partial charge in [-0.25, -0.2) is 9.89 Å². The number of esters is 1. The Balaban J connectivity index is 1.74. The van der Waals surface area contributed by atoms with Gasteiger partial charge in [-0.1, -0.05) is 31.0 Å². The average molecular weight is 329 g/mol. The minimum Gasteiger partial charge on any atom is -0.448 e. The van der Waals surface area contributed by atoms with Crippen molar-refractivity contribution in [2.75, 3.05) is 0 Å². The quantitative estimate of drug-likeness (QED) is 0.828. The standard InChI is InChI=1S/C17H19N3O4/c1-10(15(21)18-11-6-2-3-7-11)24-17(23)14-12-8-4-5-9-13(12)16(22)20-19-14/h4-5,8-11H,2-3,6-7H2,1H3,(H,18,21)(H,20,22). The highest BCUT2D eigenvalue weighted by molar-refractivity contribution is 6.02. The maximum Gasteiger partial charge on any atom is 0.360 e. The maximum atomic E-state index is 12.3. The SMILES string of the molecule is CC(OC(=O)c1n[nH]c(=O)c2ccccc12)C(=O)NC1CCCC1. The second-order valence-corrected chi connectivity index (χ2v) is 5.98. The van der Waals surface area contributed by atoms with Gasteiger partial charge in [-0.3, -0.25) is 9.59 Å². The van der Waals surface area contributed by atoms with Gasteiger partial charge in [0, 0.05) is 11.4 Å². The first-order valence-electron chi connectivity index (χ1n) is 8.05. The normalized spacial score (nSPS) is 16.0. The van der Waals surface area contributed by atoms with E-state index in [1.54, 1.807) is 24.3 Å². The van der Waals surface area contributed by atoms with Gasteiger partial charge in [0.05, 0.1) is 5.39 Å². The minimum atomic E-state index is -0.925. The molecule has 7 nitrogen and oxygen atoms in total. The number of aromatic nitrogens is 2. The van der Waals surface area contributed by atoms with Gasteiger partial charge < -0.3 is 10.1 Å². The summed E-state index contributed by atoms with van der Waals surface area (Å²) < 4.78 is 5.22. The number of ether oxygens (including phenoxy) is 1. The molecule has 2 aromatic rings. The molecule has 0 spiro atoms. The fourth-order valence-electron chi connectivity index (χ4n) is 2.93. The molecule has 1 saturated carbocycles. The molecule has 1 fully saturated rings. The monoisotopic (exact) mass is 329 g/mol. The molecular formula is C17H19N3O4. The summed E-state index contributed by atoms with van der Waals surface area (Å²) in [6, 6.07) is 6.78. The summed E-state index contributed by atoms with van der Waals surface area (Å²) in [7, 11) is 0. The third-order valence-corrected chi connectivity index (χ3v) is 4.24. The Morgan fingerprint density at radius 2 is 1.92 bits per heavy atom. The zero-order valence-corrected chi connectivity index (χ0v) is 13.4. The molecule has 0 saturated heterocycles. The molecule has 0 radical (unpaired) electrons. The third kappa shape index (κ3) is 3.29. The second kappa shape index (κ2) is 6.82. The van der Waals surface area contributed by atoms with E-state index in [4.69, 9.17) is 4.74 Å². The van der Waals surface area contributed by atoms with Gasteiger partial charge in [-0.15, -0.1) is 0 Å². The summed E-state index contributed by atoms with van der Waals surface area (Å²) in [5.74, 6) is -1.06. The number of H-pyrrole nitrogens is 1. The molecule has 3 rings (SSSR count). The highest BCUT2D eigenvalue weighted by atomic mass is 16.5. The number of rotatable bonds is 4. The van der Waals surface area contributed by atoms with Crippen LogP contribution in [0.4, 0.5) is 0 Å². The van der Waals surface area contributed by atoms with Crippen LogP contribution in [-0.4, -0.2) is 34.2 Å². The first kappa shape index (κ1) is 16.2. The number of benzene rings is 1. The number of nitrogens with zero attached hydrogens (tertiary/aromatic N) is 1. The van der Waals surface area contributed by atoms with Crippen molar-refractivity contribution in [1.82, 2.24) is 15.5 Å². The second-order valence-electron chi connectivity index (χ2n) is 5.98. The molecule has 1 atom stereocenters. The number of fused-ring (bicyclic) bond motifs is 1. The van der Waals surface area contributed by atoms with Crippen molar-refractivity contribution in [3.8, 4) is 0 Å². The van der Waals surface area contributed by atoms with Gasteiger partial charge in [0.1, 0.15) is 0 Å². The molecule has 1 aliphatic rings. The van der Waals surface area contributed by atoms with Gasteiger partial charge >= 0.3 is 5.97 Å². The van der Waals surface area contributed by atoms with E-state index in [9.17, 15) is 14.4 Å². The summed E-state index contributed by atoms with van der Waals surface area (Å²) in [4.78, 5) is 36.2. The van der Waals surface area contributed by atoms with E-state index < -0.39 is 12.1 Å². The molecular weight excluding hydrogens is 310 g/mol. The predicted molar refractivity (Wildman–Crippen MR) is 87.6 cm³/mol. The lowest BCUT2D eigenvalue weighted by atomic mass is 10.1. The Bertz CT molecular complexity index is 824. The molecule has 1 aromatic heterocycles. The van der Waals surface area contributed by atoms with E-state index >= 15 is 0 Å². The first-order valence-corrected chi connectivity index (χ1v) is 8.05. The summed E-state index contributed by atoms with van der Waals surface area (Å²) in [6.07, 6.45) is 3.20. The Labute approximate surface area is 138 Å². The van der Waals surface area contributed by atoms with Gasteiger partial charge in [-0.05, 0) is 25.8 Å². The first-order chi connectivity index (χ1) is 11.6. The van der Waals surface area contributed by atoms with Gasteiger partial charge in [0.2, 0.25) is 0 Å². The number of hydrogen-bond donors (Lipinski definition) is 2. The van der Waals surface area contributed by atoms with Crippen LogP contribution in [0.1, 0.15) is 43.1 Å². The average Bonchev–Trinajstić information content (AvgIpc) is 3.08. The van der Waals surface area contributed by atoms with E-state index in [0.717, 1.165) is 25.7 Å². The Hall–Kier alpha value is -2.70. The summed E-state index contributed by atoms with van der Waals surface area (Å²) >= 11 is 0.